The molecule has 0 saturated carbocycles. The Morgan fingerprint density at radius 3 is 2.39 bits per heavy atom. The average Bonchev–Trinajstić information content (AvgIpc) is 2.67. The van der Waals surface area contributed by atoms with Gasteiger partial charge in [-0.3, -0.25) is 4.79 Å². The summed E-state index contributed by atoms with van der Waals surface area (Å²) in [5.74, 6) is 0.503. The number of hydrogen-bond donors (Lipinski definition) is 0. The van der Waals surface area contributed by atoms with Gasteiger partial charge >= 0.3 is 6.18 Å². The highest BCUT2D eigenvalue weighted by Gasteiger charge is 2.32. The third-order valence-corrected chi connectivity index (χ3v) is 5.56. The fraction of sp³-hybridized carbons (Fsp3) is 0.353. The van der Waals surface area contributed by atoms with Gasteiger partial charge in [0.15, 0.2) is 0 Å². The van der Waals surface area contributed by atoms with E-state index in [4.69, 9.17) is 23.2 Å². The van der Waals surface area contributed by atoms with Gasteiger partial charge in [0, 0.05) is 38.6 Å². The van der Waals surface area contributed by atoms with E-state index in [0.717, 1.165) is 12.3 Å². The quantitative estimate of drug-likeness (QED) is 0.651. The van der Waals surface area contributed by atoms with E-state index in [1.165, 1.54) is 18.0 Å². The summed E-state index contributed by atoms with van der Waals surface area (Å²) in [4.78, 5) is 23.9. The number of thioether (sulfide) groups is 1. The number of amides is 1. The van der Waals surface area contributed by atoms with Crippen molar-refractivity contribution in [1.82, 2.24) is 14.9 Å². The van der Waals surface area contributed by atoms with Crippen molar-refractivity contribution in [3.05, 3.63) is 46.2 Å². The normalized spacial score (nSPS) is 15.0. The lowest BCUT2D eigenvalue weighted by Crippen LogP contribution is -2.49. The van der Waals surface area contributed by atoms with Crippen LogP contribution in [0, 0.1) is 0 Å². The number of hydrogen-bond acceptors (Lipinski definition) is 5. The van der Waals surface area contributed by atoms with Crippen molar-refractivity contribution in [2.45, 2.75) is 11.2 Å². The molecule has 1 aliphatic rings. The Morgan fingerprint density at radius 2 is 1.82 bits per heavy atom. The number of rotatable bonds is 4. The molecule has 0 spiro atoms. The van der Waals surface area contributed by atoms with Gasteiger partial charge in [-0.15, -0.1) is 0 Å². The Labute approximate surface area is 173 Å². The lowest BCUT2D eigenvalue weighted by molar-refractivity contribution is -0.137. The second-order valence-corrected chi connectivity index (χ2v) is 7.84. The van der Waals surface area contributed by atoms with Gasteiger partial charge in [-0.25, -0.2) is 9.97 Å². The summed E-state index contributed by atoms with van der Waals surface area (Å²) in [6, 6.07) is 4.33. The maximum atomic E-state index is 12.7. The molecule has 0 unspecified atom stereocenters. The summed E-state index contributed by atoms with van der Waals surface area (Å²) in [6.45, 7) is 1.75. The summed E-state index contributed by atoms with van der Waals surface area (Å²) in [5.41, 5.74) is -0.886. The third-order valence-electron chi connectivity index (χ3n) is 4.12. The lowest BCUT2D eigenvalue weighted by atomic mass is 10.2. The first-order chi connectivity index (χ1) is 13.2. The van der Waals surface area contributed by atoms with E-state index in [1.54, 1.807) is 21.9 Å². The standard InChI is InChI=1S/C17H15Cl2F3N4OS/c18-12-1-2-14(23-9-12)28-10-15(27)25-3-5-26(6-4-25)16-13(19)7-11(8-24-16)17(20,21)22/h1-2,7-9H,3-6,10H2. The molecule has 1 aliphatic heterocycles. The van der Waals surface area contributed by atoms with E-state index in [2.05, 4.69) is 9.97 Å². The molecular weight excluding hydrogens is 436 g/mol. The summed E-state index contributed by atoms with van der Waals surface area (Å²) >= 11 is 13.1. The zero-order valence-electron chi connectivity index (χ0n) is 14.4. The first-order valence-electron chi connectivity index (χ1n) is 8.24. The molecule has 0 bridgehead atoms. The number of halogens is 5. The number of anilines is 1. The molecular formula is C17H15Cl2F3N4OS. The molecule has 2 aromatic heterocycles. The van der Waals surface area contributed by atoms with Gasteiger partial charge in [0.1, 0.15) is 5.82 Å². The number of carbonyl (C=O) groups is 1. The molecule has 1 fully saturated rings. The van der Waals surface area contributed by atoms with Crippen molar-refractivity contribution in [3.63, 3.8) is 0 Å². The minimum atomic E-state index is -4.49. The number of aromatic nitrogens is 2. The van der Waals surface area contributed by atoms with Crippen LogP contribution in [0.5, 0.6) is 0 Å². The van der Waals surface area contributed by atoms with Crippen LogP contribution in [-0.2, 0) is 11.0 Å². The van der Waals surface area contributed by atoms with Crippen molar-refractivity contribution in [2.24, 2.45) is 0 Å². The van der Waals surface area contributed by atoms with E-state index in [1.807, 2.05) is 0 Å². The van der Waals surface area contributed by atoms with Crippen LogP contribution in [0.25, 0.3) is 0 Å². The molecule has 3 rings (SSSR count). The summed E-state index contributed by atoms with van der Waals surface area (Å²) in [6.07, 6.45) is -2.20. The smallest absolute Gasteiger partial charge is 0.352 e. The predicted molar refractivity (Wildman–Crippen MR) is 103 cm³/mol. The first kappa shape index (κ1) is 21.0. The Morgan fingerprint density at radius 1 is 1.11 bits per heavy atom. The summed E-state index contributed by atoms with van der Waals surface area (Å²) in [7, 11) is 0. The molecule has 28 heavy (non-hydrogen) atoms. The molecule has 1 saturated heterocycles. The van der Waals surface area contributed by atoms with Crippen molar-refractivity contribution >= 4 is 46.7 Å². The van der Waals surface area contributed by atoms with Gasteiger partial charge in [-0.1, -0.05) is 35.0 Å². The second kappa shape index (κ2) is 8.75. The minimum absolute atomic E-state index is 0.0344. The third kappa shape index (κ3) is 5.21. The Kier molecular flexibility index (Phi) is 6.57. The van der Waals surface area contributed by atoms with Crippen LogP contribution in [-0.4, -0.2) is 52.7 Å². The number of piperazine rings is 1. The van der Waals surface area contributed by atoms with E-state index >= 15 is 0 Å². The lowest BCUT2D eigenvalue weighted by Gasteiger charge is -2.35. The highest BCUT2D eigenvalue weighted by molar-refractivity contribution is 7.99. The highest BCUT2D eigenvalue weighted by Crippen LogP contribution is 2.33. The largest absolute Gasteiger partial charge is 0.417 e. The monoisotopic (exact) mass is 450 g/mol. The molecule has 3 heterocycles. The summed E-state index contributed by atoms with van der Waals surface area (Å²) in [5, 5.41) is 1.18. The molecule has 1 amide bonds. The molecule has 5 nitrogen and oxygen atoms in total. The maximum Gasteiger partial charge on any atom is 0.417 e. The van der Waals surface area contributed by atoms with Crippen LogP contribution in [0.1, 0.15) is 5.56 Å². The van der Waals surface area contributed by atoms with Crippen LogP contribution in [0.3, 0.4) is 0 Å². The van der Waals surface area contributed by atoms with Crippen LogP contribution < -0.4 is 4.90 Å². The van der Waals surface area contributed by atoms with Crippen LogP contribution in [0.15, 0.2) is 35.6 Å². The minimum Gasteiger partial charge on any atom is -0.352 e. The van der Waals surface area contributed by atoms with E-state index < -0.39 is 11.7 Å². The summed E-state index contributed by atoms with van der Waals surface area (Å²) < 4.78 is 38.2. The molecule has 0 atom stereocenters. The predicted octanol–water partition coefficient (Wildman–Crippen LogP) is 4.24. The van der Waals surface area contributed by atoms with Gasteiger partial charge in [-0.2, -0.15) is 13.2 Å². The van der Waals surface area contributed by atoms with Crippen molar-refractivity contribution in [1.29, 1.82) is 0 Å². The highest BCUT2D eigenvalue weighted by atomic mass is 35.5. The Balaban J connectivity index is 1.54. The van der Waals surface area contributed by atoms with Crippen molar-refractivity contribution in [3.8, 4) is 0 Å². The Bertz CT molecular complexity index is 843. The zero-order valence-corrected chi connectivity index (χ0v) is 16.7. The van der Waals surface area contributed by atoms with E-state index in [9.17, 15) is 18.0 Å². The molecule has 0 aliphatic carbocycles. The van der Waals surface area contributed by atoms with Crippen LogP contribution in [0.2, 0.25) is 10.0 Å². The number of carbonyl (C=O) groups excluding carboxylic acids is 1. The van der Waals surface area contributed by atoms with Crippen LogP contribution in [0.4, 0.5) is 19.0 Å². The maximum absolute atomic E-state index is 12.7. The fourth-order valence-electron chi connectivity index (χ4n) is 2.66. The number of nitrogens with zero attached hydrogens (tertiary/aromatic N) is 4. The molecule has 2 aromatic rings. The Hall–Kier alpha value is -1.71. The SMILES string of the molecule is O=C(CSc1ccc(Cl)cn1)N1CCN(c2ncc(C(F)(F)F)cc2Cl)CC1. The van der Waals surface area contributed by atoms with Crippen molar-refractivity contribution in [2.75, 3.05) is 36.8 Å². The topological polar surface area (TPSA) is 49.3 Å². The van der Waals surface area contributed by atoms with E-state index in [-0.39, 0.29) is 16.7 Å². The molecule has 0 radical (unpaired) electrons. The van der Waals surface area contributed by atoms with Gasteiger partial charge in [0.25, 0.3) is 0 Å². The molecule has 150 valence electrons. The van der Waals surface area contributed by atoms with Gasteiger partial charge < -0.3 is 9.80 Å². The number of alkyl halides is 3. The second-order valence-electron chi connectivity index (χ2n) is 6.00. The van der Waals surface area contributed by atoms with E-state index in [0.29, 0.717) is 42.0 Å². The first-order valence-corrected chi connectivity index (χ1v) is 9.98. The molecule has 0 N–H and O–H groups in total. The van der Waals surface area contributed by atoms with Gasteiger partial charge in [0.05, 0.1) is 26.4 Å². The number of pyridine rings is 2. The zero-order chi connectivity index (χ0) is 20.3. The molecule has 11 heteroatoms. The average molecular weight is 451 g/mol. The van der Waals surface area contributed by atoms with Crippen LogP contribution >= 0.6 is 35.0 Å². The fourth-order valence-corrected chi connectivity index (χ4v) is 3.80. The van der Waals surface area contributed by atoms with Gasteiger partial charge in [0.2, 0.25) is 5.91 Å². The van der Waals surface area contributed by atoms with Gasteiger partial charge in [-0.05, 0) is 18.2 Å². The molecule has 0 aromatic carbocycles. The van der Waals surface area contributed by atoms with Crippen molar-refractivity contribution < 1.29 is 18.0 Å².